The Morgan fingerprint density at radius 1 is 1.24 bits per heavy atom. The minimum Gasteiger partial charge on any atom is -0.474 e. The lowest BCUT2D eigenvalue weighted by Crippen LogP contribution is -2.44. The van der Waals surface area contributed by atoms with Gasteiger partial charge in [-0.2, -0.15) is 5.26 Å². The van der Waals surface area contributed by atoms with Crippen LogP contribution in [0.1, 0.15) is 74.1 Å². The molecule has 0 spiro atoms. The van der Waals surface area contributed by atoms with Crippen LogP contribution in [0.4, 0.5) is 0 Å². The molecule has 0 aromatic carbocycles. The van der Waals surface area contributed by atoms with Crippen molar-refractivity contribution in [3.05, 3.63) is 16.8 Å². The second kappa shape index (κ2) is 9.94. The van der Waals surface area contributed by atoms with E-state index in [4.69, 9.17) is 10.00 Å². The highest BCUT2D eigenvalue weighted by Gasteiger charge is 2.32. The van der Waals surface area contributed by atoms with Crippen LogP contribution in [0.3, 0.4) is 0 Å². The summed E-state index contributed by atoms with van der Waals surface area (Å²) >= 11 is 1.76. The van der Waals surface area contributed by atoms with Crippen molar-refractivity contribution >= 4 is 27.5 Å². The highest BCUT2D eigenvalue weighted by molar-refractivity contribution is 7.19. The Labute approximate surface area is 199 Å². The van der Waals surface area contributed by atoms with Crippen molar-refractivity contribution in [3.63, 3.8) is 0 Å². The van der Waals surface area contributed by atoms with Crippen molar-refractivity contribution in [1.29, 1.82) is 5.26 Å². The van der Waals surface area contributed by atoms with Crippen LogP contribution < -0.4 is 4.74 Å². The molecule has 2 aromatic rings. The highest BCUT2D eigenvalue weighted by atomic mass is 32.1. The quantitative estimate of drug-likeness (QED) is 0.605. The molecular weight excluding hydrogens is 434 g/mol. The van der Waals surface area contributed by atoms with Gasteiger partial charge in [0.2, 0.25) is 11.8 Å². The summed E-state index contributed by atoms with van der Waals surface area (Å²) in [6, 6.07) is 2.73. The van der Waals surface area contributed by atoms with Crippen molar-refractivity contribution in [2.45, 2.75) is 82.3 Å². The molecule has 1 aliphatic heterocycles. The first kappa shape index (κ1) is 22.5. The molecule has 7 nitrogen and oxygen atoms in total. The van der Waals surface area contributed by atoms with Crippen LogP contribution in [-0.4, -0.2) is 64.5 Å². The summed E-state index contributed by atoms with van der Waals surface area (Å²) in [5.74, 6) is 1.41. The Morgan fingerprint density at radius 2 is 2.03 bits per heavy atom. The number of ether oxygens (including phenoxy) is 1. The molecule has 1 atom stereocenters. The summed E-state index contributed by atoms with van der Waals surface area (Å²) < 4.78 is 6.49. The van der Waals surface area contributed by atoms with E-state index >= 15 is 0 Å². The molecule has 33 heavy (non-hydrogen) atoms. The second-order valence-electron chi connectivity index (χ2n) is 9.78. The fraction of sp³-hybridized carbons (Fsp3) is 0.680. The minimum atomic E-state index is 0.150. The third kappa shape index (κ3) is 4.71. The third-order valence-corrected chi connectivity index (χ3v) is 8.86. The highest BCUT2D eigenvalue weighted by Crippen LogP contribution is 2.47. The number of aryl methyl sites for hydroxylation is 1. The largest absolute Gasteiger partial charge is 0.474 e. The number of rotatable bonds is 7. The van der Waals surface area contributed by atoms with Gasteiger partial charge in [-0.25, -0.2) is 9.97 Å². The number of fused-ring (bicyclic) bond motifs is 3. The predicted octanol–water partition coefficient (Wildman–Crippen LogP) is 4.27. The summed E-state index contributed by atoms with van der Waals surface area (Å²) in [5, 5.41) is 10.1. The average molecular weight is 468 g/mol. The normalized spacial score (nSPS) is 24.9. The monoisotopic (exact) mass is 467 g/mol. The van der Waals surface area contributed by atoms with Gasteiger partial charge in [-0.15, -0.1) is 11.3 Å². The van der Waals surface area contributed by atoms with Gasteiger partial charge in [0, 0.05) is 30.4 Å². The Morgan fingerprint density at radius 3 is 2.79 bits per heavy atom. The molecule has 3 heterocycles. The van der Waals surface area contributed by atoms with Gasteiger partial charge in [-0.05, 0) is 76.3 Å². The van der Waals surface area contributed by atoms with Gasteiger partial charge in [0.25, 0.3) is 0 Å². The van der Waals surface area contributed by atoms with Gasteiger partial charge in [-0.3, -0.25) is 9.69 Å². The van der Waals surface area contributed by atoms with E-state index in [1.54, 1.807) is 17.7 Å². The van der Waals surface area contributed by atoms with E-state index in [-0.39, 0.29) is 12.0 Å². The van der Waals surface area contributed by atoms with E-state index in [0.717, 1.165) is 87.0 Å². The number of likely N-dealkylation sites (N-methyl/N-ethyl adjacent to an activating group) is 1. The topological polar surface area (TPSA) is 82.3 Å². The van der Waals surface area contributed by atoms with E-state index in [2.05, 4.69) is 28.0 Å². The van der Waals surface area contributed by atoms with Crippen molar-refractivity contribution in [3.8, 4) is 11.9 Å². The first-order valence-electron chi connectivity index (χ1n) is 12.4. The molecule has 1 saturated carbocycles. The van der Waals surface area contributed by atoms with Gasteiger partial charge in [0.15, 0.2) is 0 Å². The lowest BCUT2D eigenvalue weighted by Gasteiger charge is -2.35. The first-order valence-corrected chi connectivity index (χ1v) is 13.2. The van der Waals surface area contributed by atoms with Crippen molar-refractivity contribution in [2.24, 2.45) is 0 Å². The van der Waals surface area contributed by atoms with Gasteiger partial charge < -0.3 is 9.64 Å². The fourth-order valence-corrected chi connectivity index (χ4v) is 7.06. The Hall–Kier alpha value is -2.24. The summed E-state index contributed by atoms with van der Waals surface area (Å²) in [4.78, 5) is 28.3. The SMILES string of the molecule is CN(CC(=O)N1CCCC1)C1CCC(Oc2ncnc3sc4c(c23)C(CCC#N)CC4)CC1. The summed E-state index contributed by atoms with van der Waals surface area (Å²) in [6.45, 7) is 2.36. The number of carbonyl (C=O) groups excluding carboxylic acids is 1. The molecule has 2 aliphatic carbocycles. The molecule has 0 N–H and O–H groups in total. The molecule has 3 aliphatic rings. The van der Waals surface area contributed by atoms with Crippen LogP contribution >= 0.6 is 11.3 Å². The maximum atomic E-state index is 12.5. The lowest BCUT2D eigenvalue weighted by atomic mass is 9.92. The first-order chi connectivity index (χ1) is 16.1. The molecular formula is C25H33N5O2S. The average Bonchev–Trinajstić information content (AvgIpc) is 3.56. The zero-order valence-electron chi connectivity index (χ0n) is 19.5. The molecule has 2 aromatic heterocycles. The maximum Gasteiger partial charge on any atom is 0.236 e. The minimum absolute atomic E-state index is 0.150. The zero-order valence-corrected chi connectivity index (χ0v) is 20.3. The smallest absolute Gasteiger partial charge is 0.236 e. The van der Waals surface area contributed by atoms with Crippen molar-refractivity contribution in [2.75, 3.05) is 26.7 Å². The van der Waals surface area contributed by atoms with Gasteiger partial charge in [-0.1, -0.05) is 0 Å². The number of hydrogen-bond acceptors (Lipinski definition) is 7. The van der Waals surface area contributed by atoms with Crippen molar-refractivity contribution in [1.82, 2.24) is 19.8 Å². The van der Waals surface area contributed by atoms with E-state index in [9.17, 15) is 4.79 Å². The molecule has 0 radical (unpaired) electrons. The molecule has 1 saturated heterocycles. The van der Waals surface area contributed by atoms with Crippen LogP contribution in [0.5, 0.6) is 5.88 Å². The van der Waals surface area contributed by atoms with Crippen molar-refractivity contribution < 1.29 is 9.53 Å². The summed E-state index contributed by atoms with van der Waals surface area (Å²) in [5.41, 5.74) is 1.34. The molecule has 8 heteroatoms. The molecule has 176 valence electrons. The molecule has 0 bridgehead atoms. The predicted molar refractivity (Wildman–Crippen MR) is 128 cm³/mol. The van der Waals surface area contributed by atoms with Gasteiger partial charge in [0.05, 0.1) is 18.0 Å². The number of thiophene rings is 1. The van der Waals surface area contributed by atoms with Gasteiger partial charge >= 0.3 is 0 Å². The van der Waals surface area contributed by atoms with E-state index < -0.39 is 0 Å². The van der Waals surface area contributed by atoms with Crippen LogP contribution in [0.2, 0.25) is 0 Å². The second-order valence-corrected chi connectivity index (χ2v) is 10.9. The van der Waals surface area contributed by atoms with Crippen LogP contribution in [0.15, 0.2) is 6.33 Å². The Balaban J connectivity index is 1.22. The molecule has 1 unspecified atom stereocenters. The number of hydrogen-bond donors (Lipinski definition) is 0. The van der Waals surface area contributed by atoms with Crippen LogP contribution in [0, 0.1) is 11.3 Å². The Bertz CT molecular complexity index is 1030. The van der Waals surface area contributed by atoms with E-state index in [1.165, 1.54) is 10.4 Å². The molecule has 1 amide bonds. The Kier molecular flexibility index (Phi) is 6.79. The molecule has 5 rings (SSSR count). The third-order valence-electron chi connectivity index (χ3n) is 7.69. The zero-order chi connectivity index (χ0) is 22.8. The number of aromatic nitrogens is 2. The number of amides is 1. The number of nitrogens with zero attached hydrogens (tertiary/aromatic N) is 5. The van der Waals surface area contributed by atoms with E-state index in [0.29, 0.717) is 24.9 Å². The standard InChI is InChI=1S/C25H33N5O2S/c1-29(15-21(31)30-13-2-3-14-30)18-7-9-19(10-8-18)32-24-23-22-17(5-4-12-26)6-11-20(22)33-25(23)28-16-27-24/h16-19H,2-11,13-15H2,1H3. The number of likely N-dealkylation sites (tertiary alicyclic amines) is 1. The fourth-order valence-electron chi connectivity index (χ4n) is 5.83. The molecule has 2 fully saturated rings. The summed E-state index contributed by atoms with van der Waals surface area (Å²) in [7, 11) is 2.09. The van der Waals surface area contributed by atoms with Crippen LogP contribution in [-0.2, 0) is 11.2 Å². The number of nitriles is 1. The maximum absolute atomic E-state index is 12.5. The van der Waals surface area contributed by atoms with E-state index in [1.807, 2.05) is 4.90 Å². The summed E-state index contributed by atoms with van der Waals surface area (Å²) in [6.07, 6.45) is 11.7. The van der Waals surface area contributed by atoms with Gasteiger partial charge in [0.1, 0.15) is 17.3 Å². The lowest BCUT2D eigenvalue weighted by molar-refractivity contribution is -0.131. The number of carbonyl (C=O) groups is 1. The van der Waals surface area contributed by atoms with Crippen LogP contribution in [0.25, 0.3) is 10.2 Å².